The number of aliphatic hydroxyl groups is 1. The maximum atomic E-state index is 10.8. The molecule has 0 unspecified atom stereocenters. The molecule has 0 rings (SSSR count). The van der Waals surface area contributed by atoms with Crippen molar-refractivity contribution in [3.63, 3.8) is 0 Å². The molecule has 7 N–H and O–H groups in total. The van der Waals surface area contributed by atoms with E-state index in [-0.39, 0.29) is 12.5 Å². The predicted octanol–water partition coefficient (Wildman–Crippen LogP) is -3.34. The van der Waals surface area contributed by atoms with Gasteiger partial charge in [-0.1, -0.05) is 0 Å². The quantitative estimate of drug-likeness (QED) is 0.306. The number of nitrogens with two attached hydrogens (primary N) is 2. The molecule has 20 heavy (non-hydrogen) atoms. The summed E-state index contributed by atoms with van der Waals surface area (Å²) < 4.78 is 0. The molecule has 0 aromatic rings. The van der Waals surface area contributed by atoms with E-state index in [9.17, 15) is 19.2 Å². The number of nitrogens with one attached hydrogen (secondary N) is 2. The molecule has 3 atom stereocenters. The minimum atomic E-state index is -0.839. The molecule has 0 heterocycles. The largest absolute Gasteiger partial charge is 0.394 e. The number of amides is 2. The van der Waals surface area contributed by atoms with Crippen molar-refractivity contribution in [1.29, 1.82) is 0 Å². The molecule has 0 aliphatic carbocycles. The molecule has 0 saturated heterocycles. The van der Waals surface area contributed by atoms with E-state index < -0.39 is 30.6 Å². The molecule has 116 valence electrons. The third-order valence-electron chi connectivity index (χ3n) is 1.88. The minimum absolute atomic E-state index is 0.0713. The molecule has 0 aromatic carbocycles. The van der Waals surface area contributed by atoms with Crippen LogP contribution in [0.5, 0.6) is 0 Å². The van der Waals surface area contributed by atoms with Crippen molar-refractivity contribution in [2.24, 2.45) is 11.5 Å². The summed E-state index contributed by atoms with van der Waals surface area (Å²) in [4.78, 5) is 41.1. The van der Waals surface area contributed by atoms with Gasteiger partial charge in [0.1, 0.15) is 18.6 Å². The first-order valence-electron chi connectivity index (χ1n) is 5.89. The van der Waals surface area contributed by atoms with Crippen LogP contribution in [0.1, 0.15) is 13.8 Å². The number of hydrogen-bond donors (Lipinski definition) is 5. The molecular formula is C11H22N4O5. The smallest absolute Gasteiger partial charge is 0.237 e. The van der Waals surface area contributed by atoms with Gasteiger partial charge in [0.25, 0.3) is 0 Å². The Labute approximate surface area is 117 Å². The third-order valence-corrected chi connectivity index (χ3v) is 1.88. The highest BCUT2D eigenvalue weighted by molar-refractivity contribution is 5.83. The normalized spacial score (nSPS) is 13.8. The summed E-state index contributed by atoms with van der Waals surface area (Å²) in [5, 5.41) is 13.1. The van der Waals surface area contributed by atoms with Crippen molar-refractivity contribution in [1.82, 2.24) is 10.6 Å². The molecule has 0 spiro atoms. The summed E-state index contributed by atoms with van der Waals surface area (Å²) in [5.41, 5.74) is 10.1. The molecule has 9 heteroatoms. The fourth-order valence-electron chi connectivity index (χ4n) is 0.784. The summed E-state index contributed by atoms with van der Waals surface area (Å²) in [6.07, 6.45) is 1.10. The summed E-state index contributed by atoms with van der Waals surface area (Å²) in [5.74, 6) is -0.759. The Morgan fingerprint density at radius 3 is 2.05 bits per heavy atom. The van der Waals surface area contributed by atoms with Crippen LogP contribution < -0.4 is 22.1 Å². The lowest BCUT2D eigenvalue weighted by atomic mass is 10.3. The zero-order chi connectivity index (χ0) is 16.1. The second-order valence-electron chi connectivity index (χ2n) is 3.92. The van der Waals surface area contributed by atoms with Crippen LogP contribution in [0.25, 0.3) is 0 Å². The van der Waals surface area contributed by atoms with Crippen LogP contribution in [0.2, 0.25) is 0 Å². The number of carbonyl (C=O) groups is 4. The van der Waals surface area contributed by atoms with Gasteiger partial charge in [-0.25, -0.2) is 0 Å². The standard InChI is InChI=1S/C6H12N2O3.C5H10N2O2/c1-4(7)6(11)8-5(2-9)3-10;1-4(3-8)7-5(9)2-6/h2,4-5,10H,3,7H2,1H3,(H,8,11);3-4H,2,6H2,1H3,(H,7,9)/t4-,5+;4-/m00/s1. The topological polar surface area (TPSA) is 165 Å². The van der Waals surface area contributed by atoms with E-state index in [4.69, 9.17) is 16.6 Å². The highest BCUT2D eigenvalue weighted by Gasteiger charge is 2.12. The van der Waals surface area contributed by atoms with Crippen molar-refractivity contribution in [3.05, 3.63) is 0 Å². The highest BCUT2D eigenvalue weighted by Crippen LogP contribution is 1.79. The fourth-order valence-corrected chi connectivity index (χ4v) is 0.784. The van der Waals surface area contributed by atoms with Gasteiger partial charge in [-0.15, -0.1) is 0 Å². The Balaban J connectivity index is 0. The summed E-state index contributed by atoms with van der Waals surface area (Å²) >= 11 is 0. The van der Waals surface area contributed by atoms with Gasteiger partial charge in [-0.2, -0.15) is 0 Å². The molecule has 2 amide bonds. The lowest BCUT2D eigenvalue weighted by Gasteiger charge is -2.11. The summed E-state index contributed by atoms with van der Waals surface area (Å²) in [6, 6.07) is -1.93. The Morgan fingerprint density at radius 1 is 1.20 bits per heavy atom. The lowest BCUT2D eigenvalue weighted by molar-refractivity contribution is -0.125. The van der Waals surface area contributed by atoms with Crippen LogP contribution in [-0.2, 0) is 19.2 Å². The van der Waals surface area contributed by atoms with Crippen molar-refractivity contribution >= 4 is 24.4 Å². The van der Waals surface area contributed by atoms with E-state index >= 15 is 0 Å². The number of carbonyl (C=O) groups excluding carboxylic acids is 4. The van der Waals surface area contributed by atoms with Gasteiger partial charge in [0.05, 0.1) is 25.2 Å². The summed E-state index contributed by atoms with van der Waals surface area (Å²) in [7, 11) is 0. The maximum Gasteiger partial charge on any atom is 0.237 e. The molecule has 9 nitrogen and oxygen atoms in total. The predicted molar refractivity (Wildman–Crippen MR) is 71.5 cm³/mol. The van der Waals surface area contributed by atoms with Gasteiger partial charge in [0.15, 0.2) is 0 Å². The molecule has 0 bridgehead atoms. The minimum Gasteiger partial charge on any atom is -0.394 e. The van der Waals surface area contributed by atoms with Crippen LogP contribution in [0.15, 0.2) is 0 Å². The van der Waals surface area contributed by atoms with Crippen LogP contribution in [-0.4, -0.2) is 60.8 Å². The van der Waals surface area contributed by atoms with Crippen LogP contribution >= 0.6 is 0 Å². The number of aliphatic hydroxyl groups excluding tert-OH is 1. The van der Waals surface area contributed by atoms with Gasteiger partial charge < -0.3 is 36.8 Å². The first-order chi connectivity index (χ1) is 9.31. The Kier molecular flexibility index (Phi) is 12.5. The zero-order valence-corrected chi connectivity index (χ0v) is 11.5. The highest BCUT2D eigenvalue weighted by atomic mass is 16.3. The monoisotopic (exact) mass is 290 g/mol. The fraction of sp³-hybridized carbons (Fsp3) is 0.636. The lowest BCUT2D eigenvalue weighted by Crippen LogP contribution is -2.46. The molecular weight excluding hydrogens is 268 g/mol. The second-order valence-corrected chi connectivity index (χ2v) is 3.92. The second kappa shape index (κ2) is 12.2. The van der Waals surface area contributed by atoms with E-state index in [0.29, 0.717) is 12.6 Å². The van der Waals surface area contributed by atoms with Gasteiger partial charge in [0, 0.05) is 0 Å². The first-order valence-corrected chi connectivity index (χ1v) is 5.89. The van der Waals surface area contributed by atoms with Gasteiger partial charge in [0.2, 0.25) is 11.8 Å². The van der Waals surface area contributed by atoms with Gasteiger partial charge in [-0.05, 0) is 13.8 Å². The van der Waals surface area contributed by atoms with E-state index in [2.05, 4.69) is 10.6 Å². The van der Waals surface area contributed by atoms with Gasteiger partial charge in [-0.3, -0.25) is 9.59 Å². The van der Waals surface area contributed by atoms with Crippen molar-refractivity contribution in [2.75, 3.05) is 13.2 Å². The summed E-state index contributed by atoms with van der Waals surface area (Å²) in [6.45, 7) is 2.61. The van der Waals surface area contributed by atoms with Crippen molar-refractivity contribution < 1.29 is 24.3 Å². The molecule has 0 fully saturated rings. The molecule has 0 aliphatic rings. The molecule has 0 radical (unpaired) electrons. The van der Waals surface area contributed by atoms with E-state index in [1.54, 1.807) is 6.92 Å². The SMILES string of the molecule is C[C@@H](C=O)NC(=O)CN.C[C@H](N)C(=O)N[C@H](C=O)CO. The third kappa shape index (κ3) is 11.3. The average molecular weight is 290 g/mol. The Bertz CT molecular complexity index is 322. The van der Waals surface area contributed by atoms with E-state index in [1.165, 1.54) is 6.92 Å². The van der Waals surface area contributed by atoms with E-state index in [0.717, 1.165) is 0 Å². The molecule has 0 aromatic heterocycles. The maximum absolute atomic E-state index is 10.8. The van der Waals surface area contributed by atoms with Gasteiger partial charge >= 0.3 is 0 Å². The average Bonchev–Trinajstić information content (AvgIpc) is 2.44. The van der Waals surface area contributed by atoms with Crippen LogP contribution in [0.4, 0.5) is 0 Å². The number of hydrogen-bond acceptors (Lipinski definition) is 7. The molecule has 0 aliphatic heterocycles. The van der Waals surface area contributed by atoms with Crippen LogP contribution in [0.3, 0.4) is 0 Å². The molecule has 0 saturated carbocycles. The first kappa shape index (κ1) is 20.5. The van der Waals surface area contributed by atoms with Crippen LogP contribution in [0, 0.1) is 0 Å². The zero-order valence-electron chi connectivity index (χ0n) is 11.5. The van der Waals surface area contributed by atoms with Crippen molar-refractivity contribution in [2.45, 2.75) is 32.0 Å². The Morgan fingerprint density at radius 2 is 1.75 bits per heavy atom. The van der Waals surface area contributed by atoms with Crippen molar-refractivity contribution in [3.8, 4) is 0 Å². The van der Waals surface area contributed by atoms with E-state index in [1.807, 2.05) is 0 Å². The Hall–Kier alpha value is -1.84. The number of aldehydes is 2. The number of rotatable bonds is 7.